The van der Waals surface area contributed by atoms with E-state index in [2.05, 4.69) is 33.6 Å². The van der Waals surface area contributed by atoms with Crippen molar-refractivity contribution in [3.05, 3.63) is 52.2 Å². The Morgan fingerprint density at radius 2 is 1.86 bits per heavy atom. The van der Waals surface area contributed by atoms with Crippen LogP contribution < -0.4 is 16.4 Å². The number of nitrogens with zero attached hydrogens (tertiary/aromatic N) is 2. The molecule has 3 rings (SSSR count). The smallest absolute Gasteiger partial charge is 0.248 e. The zero-order chi connectivity index (χ0) is 20.1. The Labute approximate surface area is 170 Å². The van der Waals surface area contributed by atoms with Gasteiger partial charge in [-0.25, -0.2) is 0 Å². The summed E-state index contributed by atoms with van der Waals surface area (Å²) in [6.45, 7) is 4.79. The highest BCUT2D eigenvalue weighted by Crippen LogP contribution is 2.27. The van der Waals surface area contributed by atoms with E-state index < -0.39 is 5.91 Å². The van der Waals surface area contributed by atoms with Crippen LogP contribution in [0.4, 0.5) is 5.69 Å². The molecule has 7 heteroatoms. The lowest BCUT2D eigenvalue weighted by Gasteiger charge is -2.41. The first kappa shape index (κ1) is 20.4. The van der Waals surface area contributed by atoms with Gasteiger partial charge in [-0.2, -0.15) is 11.3 Å². The molecule has 4 N–H and O–H groups in total. The average Bonchev–Trinajstić information content (AvgIpc) is 3.19. The first-order chi connectivity index (χ1) is 13.4. The molecule has 28 heavy (non-hydrogen) atoms. The van der Waals surface area contributed by atoms with Gasteiger partial charge in [-0.1, -0.05) is 0 Å². The molecule has 0 bridgehead atoms. The third kappa shape index (κ3) is 5.11. The summed E-state index contributed by atoms with van der Waals surface area (Å²) in [6, 6.07) is 10.3. The van der Waals surface area contributed by atoms with Crippen LogP contribution in [0.3, 0.4) is 0 Å². The van der Waals surface area contributed by atoms with Gasteiger partial charge in [0.25, 0.3) is 0 Å². The van der Waals surface area contributed by atoms with E-state index in [1.54, 1.807) is 23.5 Å². The second kappa shape index (κ2) is 9.21. The molecule has 1 aliphatic heterocycles. The topological polar surface area (TPSA) is 92.7 Å². The van der Waals surface area contributed by atoms with E-state index >= 15 is 0 Å². The SMILES string of the molecule is C[C@H](CC(N)=O)N1CCC(N(Cc2ccsc2)c2ccc(C(N)=O)cc2)CC1. The van der Waals surface area contributed by atoms with Gasteiger partial charge in [-0.05, 0) is 66.4 Å². The third-order valence-electron chi connectivity index (χ3n) is 5.48. The molecule has 1 atom stereocenters. The van der Waals surface area contributed by atoms with Crippen LogP contribution in [-0.2, 0) is 11.3 Å². The van der Waals surface area contributed by atoms with Crippen LogP contribution in [0.5, 0.6) is 0 Å². The van der Waals surface area contributed by atoms with Crippen LogP contribution in [0.1, 0.15) is 42.1 Å². The van der Waals surface area contributed by atoms with E-state index in [1.165, 1.54) is 5.56 Å². The van der Waals surface area contributed by atoms with Crippen molar-refractivity contribution in [2.75, 3.05) is 18.0 Å². The van der Waals surface area contributed by atoms with Crippen LogP contribution in [0.2, 0.25) is 0 Å². The van der Waals surface area contributed by atoms with Crippen LogP contribution >= 0.6 is 11.3 Å². The van der Waals surface area contributed by atoms with E-state index in [0.717, 1.165) is 38.2 Å². The summed E-state index contributed by atoms with van der Waals surface area (Å²) >= 11 is 1.70. The standard InChI is InChI=1S/C21H28N4O2S/c1-15(12-20(22)26)24-9-6-19(7-10-24)25(13-16-8-11-28-14-16)18-4-2-17(3-5-18)21(23)27/h2-5,8,11,14-15,19H,6-7,9-10,12-13H2,1H3,(H2,22,26)(H2,23,27)/t15-/m1/s1. The van der Waals surface area contributed by atoms with Crippen LogP contribution in [-0.4, -0.2) is 41.9 Å². The molecule has 1 fully saturated rings. The highest BCUT2D eigenvalue weighted by Gasteiger charge is 2.28. The monoisotopic (exact) mass is 400 g/mol. The highest BCUT2D eigenvalue weighted by atomic mass is 32.1. The van der Waals surface area contributed by atoms with Crippen molar-refractivity contribution in [3.8, 4) is 0 Å². The number of primary amides is 2. The van der Waals surface area contributed by atoms with E-state index in [4.69, 9.17) is 11.5 Å². The van der Waals surface area contributed by atoms with Gasteiger partial charge in [-0.3, -0.25) is 14.5 Å². The number of carbonyl (C=O) groups excluding carboxylic acids is 2. The van der Waals surface area contributed by atoms with Gasteiger partial charge >= 0.3 is 0 Å². The molecule has 1 saturated heterocycles. The molecule has 2 aromatic rings. The Kier molecular flexibility index (Phi) is 6.70. The Hall–Kier alpha value is -2.38. The number of hydrogen-bond donors (Lipinski definition) is 2. The molecule has 1 aromatic heterocycles. The van der Waals surface area contributed by atoms with Gasteiger partial charge in [0.05, 0.1) is 0 Å². The number of piperidine rings is 1. The molecule has 2 amide bonds. The molecule has 2 heterocycles. The van der Waals surface area contributed by atoms with Crippen molar-refractivity contribution in [2.45, 2.75) is 44.8 Å². The Bertz CT molecular complexity index is 783. The number of benzene rings is 1. The number of hydrogen-bond acceptors (Lipinski definition) is 5. The maximum absolute atomic E-state index is 11.4. The summed E-state index contributed by atoms with van der Waals surface area (Å²) in [6.07, 6.45) is 2.44. The van der Waals surface area contributed by atoms with Gasteiger partial charge in [0.1, 0.15) is 0 Å². The van der Waals surface area contributed by atoms with Crippen molar-refractivity contribution in [3.63, 3.8) is 0 Å². The first-order valence-corrected chi connectivity index (χ1v) is 10.6. The average molecular weight is 401 g/mol. The molecular formula is C21H28N4O2S. The molecule has 1 aliphatic rings. The second-order valence-electron chi connectivity index (χ2n) is 7.46. The predicted molar refractivity (Wildman–Crippen MR) is 113 cm³/mol. The number of carbonyl (C=O) groups is 2. The number of amides is 2. The summed E-state index contributed by atoms with van der Waals surface area (Å²) in [5.41, 5.74) is 13.6. The van der Waals surface area contributed by atoms with E-state index in [-0.39, 0.29) is 11.9 Å². The van der Waals surface area contributed by atoms with Crippen molar-refractivity contribution >= 4 is 28.8 Å². The van der Waals surface area contributed by atoms with Crippen LogP contribution in [0.15, 0.2) is 41.1 Å². The fourth-order valence-electron chi connectivity index (χ4n) is 3.89. The number of likely N-dealkylation sites (tertiary alicyclic amines) is 1. The van der Waals surface area contributed by atoms with Gasteiger partial charge < -0.3 is 16.4 Å². The zero-order valence-electron chi connectivity index (χ0n) is 16.2. The summed E-state index contributed by atoms with van der Waals surface area (Å²) in [5.74, 6) is -0.657. The number of nitrogens with two attached hydrogens (primary N) is 2. The molecule has 0 spiro atoms. The van der Waals surface area contributed by atoms with Gasteiger partial charge in [0.2, 0.25) is 11.8 Å². The van der Waals surface area contributed by atoms with E-state index in [0.29, 0.717) is 18.0 Å². The van der Waals surface area contributed by atoms with Crippen molar-refractivity contribution < 1.29 is 9.59 Å². The highest BCUT2D eigenvalue weighted by molar-refractivity contribution is 7.07. The van der Waals surface area contributed by atoms with Crippen molar-refractivity contribution in [1.29, 1.82) is 0 Å². The lowest BCUT2D eigenvalue weighted by atomic mass is 9.99. The van der Waals surface area contributed by atoms with Gasteiger partial charge in [0.15, 0.2) is 0 Å². The molecule has 0 aliphatic carbocycles. The van der Waals surface area contributed by atoms with E-state index in [1.807, 2.05) is 12.1 Å². The second-order valence-corrected chi connectivity index (χ2v) is 8.24. The third-order valence-corrected chi connectivity index (χ3v) is 6.21. The Balaban J connectivity index is 1.73. The minimum atomic E-state index is -0.410. The fourth-order valence-corrected chi connectivity index (χ4v) is 4.55. The summed E-state index contributed by atoms with van der Waals surface area (Å²) in [5, 5.41) is 4.27. The molecule has 0 radical (unpaired) electrons. The van der Waals surface area contributed by atoms with Crippen LogP contribution in [0, 0.1) is 0 Å². The maximum atomic E-state index is 11.4. The van der Waals surface area contributed by atoms with Gasteiger partial charge in [-0.15, -0.1) is 0 Å². The summed E-state index contributed by atoms with van der Waals surface area (Å²) < 4.78 is 0. The quantitative estimate of drug-likeness (QED) is 0.712. The molecular weight excluding hydrogens is 372 g/mol. The first-order valence-electron chi connectivity index (χ1n) is 9.64. The zero-order valence-corrected chi connectivity index (χ0v) is 17.0. The minimum Gasteiger partial charge on any atom is -0.370 e. The molecule has 1 aromatic carbocycles. The van der Waals surface area contributed by atoms with Crippen molar-refractivity contribution in [1.82, 2.24) is 4.90 Å². The van der Waals surface area contributed by atoms with Crippen molar-refractivity contribution in [2.24, 2.45) is 11.5 Å². The summed E-state index contributed by atoms with van der Waals surface area (Å²) in [4.78, 5) is 27.4. The predicted octanol–water partition coefficient (Wildman–Crippen LogP) is 2.58. The molecule has 6 nitrogen and oxygen atoms in total. The Morgan fingerprint density at radius 3 is 2.39 bits per heavy atom. The molecule has 150 valence electrons. The largest absolute Gasteiger partial charge is 0.370 e. The number of anilines is 1. The normalized spacial score (nSPS) is 16.6. The number of rotatable bonds is 8. The lowest BCUT2D eigenvalue weighted by Crippen LogP contribution is -2.48. The minimum absolute atomic E-state index is 0.179. The molecule has 0 saturated carbocycles. The fraction of sp³-hybridized carbons (Fsp3) is 0.429. The van der Waals surface area contributed by atoms with E-state index in [9.17, 15) is 9.59 Å². The lowest BCUT2D eigenvalue weighted by molar-refractivity contribution is -0.119. The van der Waals surface area contributed by atoms with Crippen LogP contribution in [0.25, 0.3) is 0 Å². The number of thiophene rings is 1. The van der Waals surface area contributed by atoms with Gasteiger partial charge in [0, 0.05) is 49.4 Å². The Morgan fingerprint density at radius 1 is 1.18 bits per heavy atom. The summed E-state index contributed by atoms with van der Waals surface area (Å²) in [7, 11) is 0. The maximum Gasteiger partial charge on any atom is 0.248 e. The molecule has 0 unspecified atom stereocenters.